The Morgan fingerprint density at radius 1 is 1.33 bits per heavy atom. The van der Waals surface area contributed by atoms with Gasteiger partial charge in [-0.05, 0) is 12.8 Å². The number of hydrogen-bond donors (Lipinski definition) is 1. The maximum absolute atomic E-state index is 11.9. The molecule has 0 spiro atoms. The van der Waals surface area contributed by atoms with E-state index in [4.69, 9.17) is 16.3 Å². The van der Waals surface area contributed by atoms with Gasteiger partial charge in [-0.25, -0.2) is 21.6 Å². The first-order valence-electron chi connectivity index (χ1n) is 5.73. The molecule has 0 saturated carbocycles. The van der Waals surface area contributed by atoms with Crippen molar-refractivity contribution in [2.75, 3.05) is 23.9 Å². The highest BCUT2D eigenvalue weighted by molar-refractivity contribution is 7.92. The molecule has 9 heteroatoms. The van der Waals surface area contributed by atoms with E-state index in [2.05, 4.69) is 4.72 Å². The first-order chi connectivity index (χ1) is 8.27. The lowest BCUT2D eigenvalue weighted by Crippen LogP contribution is -2.43. The van der Waals surface area contributed by atoms with Gasteiger partial charge in [-0.15, -0.1) is 11.6 Å². The molecule has 0 amide bonds. The number of halogens is 1. The van der Waals surface area contributed by atoms with Gasteiger partial charge in [-0.1, -0.05) is 0 Å². The van der Waals surface area contributed by atoms with Crippen LogP contribution < -0.4 is 4.72 Å². The van der Waals surface area contributed by atoms with Gasteiger partial charge in [-0.2, -0.15) is 0 Å². The zero-order chi connectivity index (χ0) is 13.4. The fraction of sp³-hybridized carbons (Fsp3) is 1.00. The van der Waals surface area contributed by atoms with Crippen molar-refractivity contribution in [3.63, 3.8) is 0 Å². The monoisotopic (exact) mass is 317 g/mol. The second kappa shape index (κ2) is 5.24. The van der Waals surface area contributed by atoms with Gasteiger partial charge in [0, 0.05) is 6.61 Å². The SMILES string of the molecule is O=S1(=O)CC(Cl)C(NS(=O)(=O)CC2CCCO2)C1. The summed E-state index contributed by atoms with van der Waals surface area (Å²) >= 11 is 5.85. The largest absolute Gasteiger partial charge is 0.377 e. The first kappa shape index (κ1) is 14.5. The average molecular weight is 318 g/mol. The molecule has 0 aromatic rings. The highest BCUT2D eigenvalue weighted by Gasteiger charge is 2.39. The Morgan fingerprint density at radius 3 is 2.56 bits per heavy atom. The van der Waals surface area contributed by atoms with Crippen LogP contribution in [0.15, 0.2) is 0 Å². The Bertz CT molecular complexity index is 497. The van der Waals surface area contributed by atoms with Gasteiger partial charge in [-0.3, -0.25) is 0 Å². The molecule has 2 aliphatic heterocycles. The second-order valence-electron chi connectivity index (χ2n) is 4.73. The van der Waals surface area contributed by atoms with Crippen molar-refractivity contribution < 1.29 is 21.6 Å². The van der Waals surface area contributed by atoms with Crippen LogP contribution >= 0.6 is 11.6 Å². The molecule has 3 atom stereocenters. The van der Waals surface area contributed by atoms with E-state index in [1.54, 1.807) is 0 Å². The molecule has 2 saturated heterocycles. The van der Waals surface area contributed by atoms with Crippen molar-refractivity contribution >= 4 is 31.5 Å². The number of sulfonamides is 1. The minimum absolute atomic E-state index is 0.132. The van der Waals surface area contributed by atoms with Gasteiger partial charge < -0.3 is 4.74 Å². The quantitative estimate of drug-likeness (QED) is 0.705. The number of alkyl halides is 1. The van der Waals surface area contributed by atoms with Crippen LogP contribution in [0.3, 0.4) is 0 Å². The van der Waals surface area contributed by atoms with E-state index in [1.807, 2.05) is 0 Å². The molecule has 0 aliphatic carbocycles. The maximum atomic E-state index is 11.9. The summed E-state index contributed by atoms with van der Waals surface area (Å²) in [5.41, 5.74) is 0. The normalized spacial score (nSPS) is 35.9. The van der Waals surface area contributed by atoms with Gasteiger partial charge in [0.1, 0.15) is 0 Å². The summed E-state index contributed by atoms with van der Waals surface area (Å²) < 4.78 is 54.0. The van der Waals surface area contributed by atoms with Crippen LogP contribution in [0.2, 0.25) is 0 Å². The van der Waals surface area contributed by atoms with Gasteiger partial charge in [0.25, 0.3) is 0 Å². The molecule has 18 heavy (non-hydrogen) atoms. The molecule has 0 aromatic carbocycles. The number of hydrogen-bond acceptors (Lipinski definition) is 5. The minimum atomic E-state index is -3.56. The zero-order valence-electron chi connectivity index (χ0n) is 9.71. The van der Waals surface area contributed by atoms with Crippen LogP contribution in [0.25, 0.3) is 0 Å². The summed E-state index contributed by atoms with van der Waals surface area (Å²) in [5.74, 6) is -0.541. The van der Waals surface area contributed by atoms with E-state index >= 15 is 0 Å². The molecule has 0 radical (unpaired) electrons. The summed E-state index contributed by atoms with van der Waals surface area (Å²) in [6, 6.07) is -0.733. The standard InChI is InChI=1S/C9H16ClNO5S2/c10-8-5-17(12,13)6-9(8)11-18(14,15)4-7-2-1-3-16-7/h7-9,11H,1-6H2. The van der Waals surface area contributed by atoms with Gasteiger partial charge in [0.2, 0.25) is 10.0 Å². The molecule has 2 aliphatic rings. The Kier molecular flexibility index (Phi) is 4.23. The Balaban J connectivity index is 1.95. The molecule has 2 heterocycles. The molecule has 2 fully saturated rings. The van der Waals surface area contributed by atoms with E-state index in [9.17, 15) is 16.8 Å². The van der Waals surface area contributed by atoms with Crippen molar-refractivity contribution in [1.82, 2.24) is 4.72 Å². The molecular weight excluding hydrogens is 302 g/mol. The van der Waals surface area contributed by atoms with Crippen molar-refractivity contribution in [3.05, 3.63) is 0 Å². The van der Waals surface area contributed by atoms with Gasteiger partial charge >= 0.3 is 0 Å². The Morgan fingerprint density at radius 2 is 2.06 bits per heavy atom. The highest BCUT2D eigenvalue weighted by atomic mass is 35.5. The Hall–Kier alpha value is 0.110. The number of rotatable bonds is 4. The molecule has 0 bridgehead atoms. The van der Waals surface area contributed by atoms with E-state index in [0.29, 0.717) is 13.0 Å². The average Bonchev–Trinajstić information content (AvgIpc) is 2.74. The van der Waals surface area contributed by atoms with Crippen LogP contribution in [-0.2, 0) is 24.6 Å². The predicted octanol–water partition coefficient (Wildman–Crippen LogP) is -0.511. The summed E-state index contributed by atoms with van der Waals surface area (Å²) in [6.07, 6.45) is 1.28. The molecule has 6 nitrogen and oxygen atoms in total. The summed E-state index contributed by atoms with van der Waals surface area (Å²) in [7, 11) is -6.79. The lowest BCUT2D eigenvalue weighted by molar-refractivity contribution is 0.127. The zero-order valence-corrected chi connectivity index (χ0v) is 12.1. The summed E-state index contributed by atoms with van der Waals surface area (Å²) in [5, 5.41) is -0.700. The minimum Gasteiger partial charge on any atom is -0.377 e. The lowest BCUT2D eigenvalue weighted by Gasteiger charge is -2.16. The predicted molar refractivity (Wildman–Crippen MR) is 68.0 cm³/mol. The van der Waals surface area contributed by atoms with Crippen LogP contribution in [0.5, 0.6) is 0 Å². The fourth-order valence-corrected chi connectivity index (χ4v) is 6.50. The van der Waals surface area contributed by atoms with E-state index < -0.39 is 31.3 Å². The van der Waals surface area contributed by atoms with Crippen LogP contribution in [-0.4, -0.2) is 58.2 Å². The van der Waals surface area contributed by atoms with Crippen LogP contribution in [0, 0.1) is 0 Å². The van der Waals surface area contributed by atoms with Crippen molar-refractivity contribution in [2.24, 2.45) is 0 Å². The lowest BCUT2D eigenvalue weighted by atomic mass is 10.3. The Labute approximate surface area is 112 Å². The van der Waals surface area contributed by atoms with E-state index in [1.165, 1.54) is 0 Å². The van der Waals surface area contributed by atoms with E-state index in [0.717, 1.165) is 6.42 Å². The fourth-order valence-electron chi connectivity index (χ4n) is 2.21. The van der Waals surface area contributed by atoms with Crippen LogP contribution in [0.1, 0.15) is 12.8 Å². The van der Waals surface area contributed by atoms with Crippen molar-refractivity contribution in [2.45, 2.75) is 30.4 Å². The molecule has 3 unspecified atom stereocenters. The van der Waals surface area contributed by atoms with E-state index in [-0.39, 0.29) is 23.4 Å². The third-order valence-electron chi connectivity index (χ3n) is 3.04. The van der Waals surface area contributed by atoms with Crippen molar-refractivity contribution in [1.29, 1.82) is 0 Å². The summed E-state index contributed by atoms with van der Waals surface area (Å²) in [6.45, 7) is 0.579. The first-order valence-corrected chi connectivity index (χ1v) is 9.64. The number of ether oxygens (including phenoxy) is 1. The molecule has 106 valence electrons. The molecule has 1 N–H and O–H groups in total. The maximum Gasteiger partial charge on any atom is 0.214 e. The van der Waals surface area contributed by atoms with Crippen molar-refractivity contribution in [3.8, 4) is 0 Å². The summed E-state index contributed by atoms with van der Waals surface area (Å²) in [4.78, 5) is 0. The molecular formula is C9H16ClNO5S2. The molecule has 2 rings (SSSR count). The van der Waals surface area contributed by atoms with Gasteiger partial charge in [0.15, 0.2) is 9.84 Å². The molecule has 0 aromatic heterocycles. The smallest absolute Gasteiger partial charge is 0.214 e. The second-order valence-corrected chi connectivity index (χ2v) is 9.25. The van der Waals surface area contributed by atoms with Gasteiger partial charge in [0.05, 0.1) is 34.8 Å². The van der Waals surface area contributed by atoms with Crippen LogP contribution in [0.4, 0.5) is 0 Å². The number of sulfone groups is 1. The third-order valence-corrected chi connectivity index (χ3v) is 6.89. The third kappa shape index (κ3) is 3.80. The topological polar surface area (TPSA) is 89.5 Å². The highest BCUT2D eigenvalue weighted by Crippen LogP contribution is 2.20. The number of nitrogens with one attached hydrogen (secondary N) is 1.